The molecule has 0 aromatic rings. The van der Waals surface area contributed by atoms with Crippen molar-refractivity contribution >= 4 is 31.4 Å². The van der Waals surface area contributed by atoms with E-state index in [1.165, 1.54) is 0 Å². The van der Waals surface area contributed by atoms with Gasteiger partial charge in [0.1, 0.15) is 6.04 Å². The summed E-state index contributed by atoms with van der Waals surface area (Å²) in [7, 11) is -4.64. The van der Waals surface area contributed by atoms with E-state index in [0.29, 0.717) is 24.6 Å². The molecule has 113 valence electrons. The Morgan fingerprint density at radius 1 is 1.26 bits per heavy atom. The van der Waals surface area contributed by atoms with Crippen molar-refractivity contribution in [2.45, 2.75) is 13.3 Å². The summed E-state index contributed by atoms with van der Waals surface area (Å²) in [6, 6.07) is 0.0102. The zero-order valence-electron chi connectivity index (χ0n) is 10.4. The summed E-state index contributed by atoms with van der Waals surface area (Å²) in [6.45, 7) is 2.40. The highest BCUT2D eigenvalue weighted by molar-refractivity contribution is 7.99. The van der Waals surface area contributed by atoms with E-state index in [-0.39, 0.29) is 6.04 Å². The second-order valence-electron chi connectivity index (χ2n) is 3.23. The zero-order valence-corrected chi connectivity index (χ0v) is 12.1. The minimum absolute atomic E-state index is 0.0102. The predicted molar refractivity (Wildman–Crippen MR) is 73.4 cm³/mol. The second kappa shape index (κ2) is 11.2. The van der Waals surface area contributed by atoms with Crippen LogP contribution in [0.4, 0.5) is 0 Å². The maximum Gasteiger partial charge on any atom is 0.466 e. The van der Waals surface area contributed by atoms with Gasteiger partial charge in [0.15, 0.2) is 0 Å². The summed E-state index contributed by atoms with van der Waals surface area (Å²) in [5.74, 6) is 1.09. The summed E-state index contributed by atoms with van der Waals surface area (Å²) in [6.07, 6.45) is 0.408. The smallest absolute Gasteiger partial charge is 0.466 e. The van der Waals surface area contributed by atoms with Crippen LogP contribution < -0.4 is 11.5 Å². The molecule has 0 aromatic heterocycles. The maximum atomic E-state index is 10.3. The van der Waals surface area contributed by atoms with Gasteiger partial charge in [0.05, 0.1) is 5.84 Å². The SMILES string of the molecule is CC(N)=NCCSCC[C](N)C(=O)O.O=P(O)(O)O. The van der Waals surface area contributed by atoms with E-state index in [0.717, 1.165) is 5.75 Å². The Morgan fingerprint density at radius 3 is 2.11 bits per heavy atom. The number of aliphatic imine (C=N–C) groups is 1. The van der Waals surface area contributed by atoms with Crippen molar-refractivity contribution < 1.29 is 29.1 Å². The van der Waals surface area contributed by atoms with Gasteiger partial charge in [-0.15, -0.1) is 0 Å². The summed E-state index contributed by atoms with van der Waals surface area (Å²) in [5.41, 5.74) is 10.6. The standard InChI is InChI=1S/C8H16N3O2S.H3O4P/c1-6(9)11-3-5-14-4-2-7(10)8(12)13;1-5(2,3)4/h2-5,10H2,1H3,(H2,9,11)(H,12,13);(H3,1,2,3,4). The number of phosphoric acid groups is 1. The first-order valence-electron chi connectivity index (χ1n) is 5.01. The molecule has 0 saturated heterocycles. The fraction of sp³-hybridized carbons (Fsp3) is 0.625. The molecule has 0 fully saturated rings. The first kappa shape index (κ1) is 20.7. The topological polar surface area (TPSA) is 179 Å². The van der Waals surface area contributed by atoms with Crippen LogP contribution in [0.3, 0.4) is 0 Å². The number of carbonyl (C=O) groups is 1. The van der Waals surface area contributed by atoms with Crippen molar-refractivity contribution in [3.8, 4) is 0 Å². The number of amidine groups is 1. The Balaban J connectivity index is 0. The Morgan fingerprint density at radius 2 is 1.74 bits per heavy atom. The third-order valence-electron chi connectivity index (χ3n) is 1.39. The summed E-state index contributed by atoms with van der Waals surface area (Å²) in [4.78, 5) is 35.9. The first-order chi connectivity index (χ1) is 8.54. The molecule has 11 heteroatoms. The molecule has 19 heavy (non-hydrogen) atoms. The number of hydrogen-bond acceptors (Lipinski definition) is 5. The molecule has 0 amide bonds. The highest BCUT2D eigenvalue weighted by Crippen LogP contribution is 2.25. The molecule has 0 spiro atoms. The van der Waals surface area contributed by atoms with Crippen molar-refractivity contribution in [3.05, 3.63) is 6.04 Å². The van der Waals surface area contributed by atoms with Crippen molar-refractivity contribution in [1.29, 1.82) is 0 Å². The molecule has 0 heterocycles. The lowest BCUT2D eigenvalue weighted by molar-refractivity contribution is -0.135. The lowest BCUT2D eigenvalue weighted by atomic mass is 10.2. The van der Waals surface area contributed by atoms with Gasteiger partial charge in [0.25, 0.3) is 0 Å². The summed E-state index contributed by atoms with van der Waals surface area (Å²) >= 11 is 1.61. The van der Waals surface area contributed by atoms with E-state index >= 15 is 0 Å². The molecule has 8 N–H and O–H groups in total. The number of nitrogens with zero attached hydrogens (tertiary/aromatic N) is 1. The van der Waals surface area contributed by atoms with E-state index in [9.17, 15) is 4.79 Å². The van der Waals surface area contributed by atoms with Gasteiger partial charge in [0, 0.05) is 12.3 Å². The molecule has 9 nitrogen and oxygen atoms in total. The molecule has 0 aliphatic heterocycles. The Bertz CT molecular complexity index is 322. The molecule has 0 rings (SSSR count). The number of hydrogen-bond donors (Lipinski definition) is 6. The number of carboxylic acids is 1. The van der Waals surface area contributed by atoms with Crippen LogP contribution in [0.1, 0.15) is 13.3 Å². The molecule has 0 bridgehead atoms. The number of carboxylic acid groups (broad SMARTS) is 1. The number of rotatable bonds is 7. The molecule has 0 aromatic carbocycles. The Kier molecular flexibility index (Phi) is 12.2. The molecular formula is C8H19N3O6PS. The van der Waals surface area contributed by atoms with Gasteiger partial charge in [-0.1, -0.05) is 0 Å². The molecule has 0 aliphatic carbocycles. The lowest BCUT2D eigenvalue weighted by Gasteiger charge is -2.03. The van der Waals surface area contributed by atoms with Gasteiger partial charge in [0.2, 0.25) is 0 Å². The molecule has 0 saturated carbocycles. The molecule has 1 radical (unpaired) electrons. The van der Waals surface area contributed by atoms with Crippen LogP contribution in [-0.4, -0.2) is 49.6 Å². The largest absolute Gasteiger partial charge is 0.480 e. The number of aliphatic carboxylic acids is 1. The van der Waals surface area contributed by atoms with Crippen LogP contribution in [0, 0.1) is 6.04 Å². The van der Waals surface area contributed by atoms with E-state index in [1.54, 1.807) is 18.7 Å². The van der Waals surface area contributed by atoms with E-state index in [1.807, 2.05) is 0 Å². The van der Waals surface area contributed by atoms with Crippen molar-refractivity contribution in [2.75, 3.05) is 18.1 Å². The van der Waals surface area contributed by atoms with E-state index in [4.69, 9.17) is 35.8 Å². The van der Waals surface area contributed by atoms with E-state index < -0.39 is 13.8 Å². The van der Waals surface area contributed by atoms with Crippen molar-refractivity contribution in [3.63, 3.8) is 0 Å². The monoisotopic (exact) mass is 316 g/mol. The van der Waals surface area contributed by atoms with E-state index in [2.05, 4.69) is 4.99 Å². The van der Waals surface area contributed by atoms with Crippen LogP contribution in [0.25, 0.3) is 0 Å². The zero-order chi connectivity index (χ0) is 15.5. The van der Waals surface area contributed by atoms with Gasteiger partial charge in [-0.2, -0.15) is 11.8 Å². The highest BCUT2D eigenvalue weighted by Gasteiger charge is 2.11. The Hall–Kier alpha value is -0.640. The van der Waals surface area contributed by atoms with Gasteiger partial charge in [-0.25, -0.2) is 4.57 Å². The fourth-order valence-corrected chi connectivity index (χ4v) is 1.47. The van der Waals surface area contributed by atoms with Gasteiger partial charge in [-0.05, 0) is 19.1 Å². The van der Waals surface area contributed by atoms with Gasteiger partial charge in [-0.3, -0.25) is 9.79 Å². The average molecular weight is 316 g/mol. The normalized spacial score (nSPS) is 12.0. The lowest BCUT2D eigenvalue weighted by Crippen LogP contribution is -2.21. The van der Waals surface area contributed by atoms with Crippen molar-refractivity contribution in [1.82, 2.24) is 0 Å². The minimum Gasteiger partial charge on any atom is -0.480 e. The van der Waals surface area contributed by atoms with Crippen LogP contribution in [0.2, 0.25) is 0 Å². The second-order valence-corrected chi connectivity index (χ2v) is 5.48. The first-order valence-corrected chi connectivity index (χ1v) is 7.73. The fourth-order valence-electron chi connectivity index (χ4n) is 0.678. The quantitative estimate of drug-likeness (QED) is 0.151. The predicted octanol–water partition coefficient (Wildman–Crippen LogP) is -0.867. The Labute approximate surface area is 115 Å². The maximum absolute atomic E-state index is 10.3. The third kappa shape index (κ3) is 26.8. The number of thioether (sulfide) groups is 1. The van der Waals surface area contributed by atoms with Crippen LogP contribution in [0.5, 0.6) is 0 Å². The van der Waals surface area contributed by atoms with Crippen LogP contribution >= 0.6 is 19.6 Å². The van der Waals surface area contributed by atoms with Crippen LogP contribution in [-0.2, 0) is 9.36 Å². The third-order valence-corrected chi connectivity index (χ3v) is 2.35. The summed E-state index contributed by atoms with van der Waals surface area (Å²) < 4.78 is 8.88. The molecular weight excluding hydrogens is 297 g/mol. The number of nitrogens with two attached hydrogens (primary N) is 2. The van der Waals surface area contributed by atoms with Crippen LogP contribution in [0.15, 0.2) is 4.99 Å². The molecule has 0 unspecified atom stereocenters. The average Bonchev–Trinajstić information content (AvgIpc) is 2.19. The van der Waals surface area contributed by atoms with Gasteiger partial charge < -0.3 is 31.3 Å². The van der Waals surface area contributed by atoms with Crippen molar-refractivity contribution in [2.24, 2.45) is 16.5 Å². The molecule has 0 atom stereocenters. The highest BCUT2D eigenvalue weighted by atomic mass is 32.2. The van der Waals surface area contributed by atoms with Gasteiger partial charge >= 0.3 is 13.8 Å². The molecule has 0 aliphatic rings. The minimum atomic E-state index is -4.64. The summed E-state index contributed by atoms with van der Waals surface area (Å²) in [5, 5.41) is 8.45.